The number of fused-ring (bicyclic) bond motifs is 1. The highest BCUT2D eigenvalue weighted by Gasteiger charge is 2.19. The number of H-pyrrole nitrogens is 1. The van der Waals surface area contributed by atoms with Crippen molar-refractivity contribution in [1.82, 2.24) is 15.3 Å². The van der Waals surface area contributed by atoms with Gasteiger partial charge in [0.15, 0.2) is 0 Å². The predicted molar refractivity (Wildman–Crippen MR) is 120 cm³/mol. The Morgan fingerprint density at radius 2 is 1.91 bits per heavy atom. The molecule has 1 saturated carbocycles. The van der Waals surface area contributed by atoms with E-state index in [-0.39, 0.29) is 29.7 Å². The van der Waals surface area contributed by atoms with Gasteiger partial charge >= 0.3 is 16.1 Å². The fraction of sp³-hybridized carbons (Fsp3) is 0.333. The fourth-order valence-electron chi connectivity index (χ4n) is 3.62. The molecule has 0 aliphatic heterocycles. The molecule has 11 heteroatoms. The molecule has 0 atom stereocenters. The zero-order chi connectivity index (χ0) is 22.6. The van der Waals surface area contributed by atoms with E-state index < -0.39 is 16.1 Å². The van der Waals surface area contributed by atoms with E-state index in [0.29, 0.717) is 17.1 Å². The SMILES string of the molecule is O=C(NCCO)Nc1nc2ccc(OS(=O)(=O)c3ccc(NC4CCCC4)cc3)cc2[nH]1. The van der Waals surface area contributed by atoms with Crippen LogP contribution in [0.3, 0.4) is 0 Å². The Balaban J connectivity index is 1.43. The van der Waals surface area contributed by atoms with Gasteiger partial charge in [0, 0.05) is 24.3 Å². The van der Waals surface area contributed by atoms with Crippen molar-refractivity contribution < 1.29 is 22.5 Å². The van der Waals surface area contributed by atoms with Gasteiger partial charge in [-0.3, -0.25) is 5.32 Å². The summed E-state index contributed by atoms with van der Waals surface area (Å²) < 4.78 is 30.7. The second kappa shape index (κ2) is 9.45. The van der Waals surface area contributed by atoms with E-state index >= 15 is 0 Å². The lowest BCUT2D eigenvalue weighted by atomic mass is 10.2. The molecule has 170 valence electrons. The number of rotatable bonds is 8. The summed E-state index contributed by atoms with van der Waals surface area (Å²) in [5.74, 6) is 0.298. The topological polar surface area (TPSA) is 145 Å². The number of nitrogens with one attached hydrogen (secondary N) is 4. The average Bonchev–Trinajstić information content (AvgIpc) is 3.41. The Morgan fingerprint density at radius 1 is 1.16 bits per heavy atom. The minimum Gasteiger partial charge on any atom is -0.395 e. The van der Waals surface area contributed by atoms with Crippen molar-refractivity contribution >= 4 is 38.8 Å². The summed E-state index contributed by atoms with van der Waals surface area (Å²) in [7, 11) is -4.01. The van der Waals surface area contributed by atoms with Gasteiger partial charge in [0.2, 0.25) is 5.95 Å². The first-order valence-electron chi connectivity index (χ1n) is 10.4. The number of aromatic nitrogens is 2. The van der Waals surface area contributed by atoms with E-state index in [4.69, 9.17) is 9.29 Å². The number of hydrogen-bond donors (Lipinski definition) is 5. The van der Waals surface area contributed by atoms with Crippen LogP contribution in [0.25, 0.3) is 11.0 Å². The highest BCUT2D eigenvalue weighted by molar-refractivity contribution is 7.87. The van der Waals surface area contributed by atoms with Crippen molar-refractivity contribution in [2.45, 2.75) is 36.6 Å². The maximum atomic E-state index is 12.7. The molecule has 1 aromatic heterocycles. The Hall–Kier alpha value is -3.31. The molecule has 1 heterocycles. The molecule has 4 rings (SSSR count). The van der Waals surface area contributed by atoms with Gasteiger partial charge in [-0.05, 0) is 49.2 Å². The van der Waals surface area contributed by atoms with Crippen LogP contribution in [-0.4, -0.2) is 48.7 Å². The summed E-state index contributed by atoms with van der Waals surface area (Å²) in [5, 5.41) is 17.1. The first-order valence-corrected chi connectivity index (χ1v) is 11.8. The van der Waals surface area contributed by atoms with Crippen LogP contribution in [-0.2, 0) is 10.1 Å². The number of aliphatic hydroxyl groups excluding tert-OH is 1. The molecule has 0 bridgehead atoms. The number of benzene rings is 2. The van der Waals surface area contributed by atoms with Crippen molar-refractivity contribution in [1.29, 1.82) is 0 Å². The average molecular weight is 460 g/mol. The van der Waals surface area contributed by atoms with Gasteiger partial charge < -0.3 is 24.9 Å². The molecule has 2 aromatic carbocycles. The quantitative estimate of drug-likeness (QED) is 0.326. The first kappa shape index (κ1) is 21.9. The molecule has 0 unspecified atom stereocenters. The molecule has 1 fully saturated rings. The predicted octanol–water partition coefficient (Wildman–Crippen LogP) is 2.80. The van der Waals surface area contributed by atoms with Gasteiger partial charge in [0.05, 0.1) is 17.6 Å². The maximum Gasteiger partial charge on any atom is 0.339 e. The van der Waals surface area contributed by atoms with Crippen molar-refractivity contribution in [3.63, 3.8) is 0 Å². The number of nitrogens with zero attached hydrogens (tertiary/aromatic N) is 1. The molecule has 2 amide bonds. The Morgan fingerprint density at radius 3 is 2.62 bits per heavy atom. The van der Waals surface area contributed by atoms with Crippen LogP contribution >= 0.6 is 0 Å². The zero-order valence-corrected chi connectivity index (χ0v) is 18.1. The highest BCUT2D eigenvalue weighted by Crippen LogP contribution is 2.26. The lowest BCUT2D eigenvalue weighted by Gasteiger charge is -2.14. The first-order chi connectivity index (χ1) is 15.4. The molecule has 32 heavy (non-hydrogen) atoms. The van der Waals surface area contributed by atoms with Crippen molar-refractivity contribution in [2.24, 2.45) is 0 Å². The Kier molecular flexibility index (Phi) is 6.47. The van der Waals surface area contributed by atoms with Crippen LogP contribution in [0.4, 0.5) is 16.4 Å². The lowest BCUT2D eigenvalue weighted by Crippen LogP contribution is -2.31. The maximum absolute atomic E-state index is 12.7. The smallest absolute Gasteiger partial charge is 0.339 e. The molecule has 1 aliphatic carbocycles. The van der Waals surface area contributed by atoms with Gasteiger partial charge in [0.25, 0.3) is 0 Å². The second-order valence-corrected chi connectivity index (χ2v) is 9.10. The number of aliphatic hydroxyl groups is 1. The number of aromatic amines is 1. The van der Waals surface area contributed by atoms with Gasteiger partial charge in [-0.25, -0.2) is 9.78 Å². The van der Waals surface area contributed by atoms with Gasteiger partial charge in [-0.15, -0.1) is 0 Å². The van der Waals surface area contributed by atoms with E-state index in [1.54, 1.807) is 18.2 Å². The Labute approximate surface area is 185 Å². The summed E-state index contributed by atoms with van der Waals surface area (Å²) in [6.07, 6.45) is 4.69. The van der Waals surface area contributed by atoms with Crippen LogP contribution in [0.15, 0.2) is 47.4 Å². The number of carbonyl (C=O) groups is 1. The number of amides is 2. The molecule has 0 saturated heterocycles. The van der Waals surface area contributed by atoms with Gasteiger partial charge in [0.1, 0.15) is 10.6 Å². The van der Waals surface area contributed by atoms with Gasteiger partial charge in [-0.1, -0.05) is 12.8 Å². The summed E-state index contributed by atoms with van der Waals surface area (Å²) in [5.41, 5.74) is 1.90. The molecular formula is C21H25N5O5S. The molecule has 0 spiro atoms. The van der Waals surface area contributed by atoms with E-state index in [0.717, 1.165) is 18.5 Å². The number of urea groups is 1. The molecule has 3 aromatic rings. The largest absolute Gasteiger partial charge is 0.395 e. The molecule has 10 nitrogen and oxygen atoms in total. The normalized spacial score (nSPS) is 14.4. The highest BCUT2D eigenvalue weighted by atomic mass is 32.2. The fourth-order valence-corrected chi connectivity index (χ4v) is 4.54. The standard InChI is InChI=1S/C21H25N5O5S/c27-12-11-22-21(28)26-20-24-18-10-7-16(13-19(18)25-20)31-32(29,30)17-8-5-15(6-9-17)23-14-3-1-2-4-14/h5-10,13-14,23,27H,1-4,11-12H2,(H3,22,24,25,26,28). The van der Waals surface area contributed by atoms with Crippen LogP contribution in [0, 0.1) is 0 Å². The zero-order valence-electron chi connectivity index (χ0n) is 17.3. The minimum absolute atomic E-state index is 0.0575. The Bertz CT molecular complexity index is 1190. The van der Waals surface area contributed by atoms with Crippen LogP contribution in [0.2, 0.25) is 0 Å². The number of imidazole rings is 1. The molecule has 0 radical (unpaired) electrons. The van der Waals surface area contributed by atoms with Crippen LogP contribution < -0.4 is 20.1 Å². The van der Waals surface area contributed by atoms with E-state index in [1.165, 1.54) is 37.1 Å². The molecule has 5 N–H and O–H groups in total. The van der Waals surface area contributed by atoms with Crippen molar-refractivity contribution in [3.05, 3.63) is 42.5 Å². The lowest BCUT2D eigenvalue weighted by molar-refractivity contribution is 0.244. The van der Waals surface area contributed by atoms with Crippen molar-refractivity contribution in [2.75, 3.05) is 23.8 Å². The van der Waals surface area contributed by atoms with Crippen LogP contribution in [0.5, 0.6) is 5.75 Å². The van der Waals surface area contributed by atoms with E-state index in [1.807, 2.05) is 0 Å². The van der Waals surface area contributed by atoms with E-state index in [2.05, 4.69) is 25.9 Å². The third-order valence-corrected chi connectivity index (χ3v) is 6.42. The minimum atomic E-state index is -4.01. The number of hydrogen-bond acceptors (Lipinski definition) is 7. The van der Waals surface area contributed by atoms with Crippen molar-refractivity contribution in [3.8, 4) is 5.75 Å². The molecular weight excluding hydrogens is 434 g/mol. The second-order valence-electron chi connectivity index (χ2n) is 7.56. The van der Waals surface area contributed by atoms with E-state index in [9.17, 15) is 13.2 Å². The third-order valence-electron chi connectivity index (χ3n) is 5.16. The summed E-state index contributed by atoms with van der Waals surface area (Å²) in [6.45, 7) is -0.0674. The summed E-state index contributed by atoms with van der Waals surface area (Å²) >= 11 is 0. The number of anilines is 2. The summed E-state index contributed by atoms with van der Waals surface area (Å²) in [6, 6.07) is 11.0. The monoisotopic (exact) mass is 459 g/mol. The third kappa shape index (κ3) is 5.29. The summed E-state index contributed by atoms with van der Waals surface area (Å²) in [4.78, 5) is 18.8. The van der Waals surface area contributed by atoms with Crippen LogP contribution in [0.1, 0.15) is 25.7 Å². The van der Waals surface area contributed by atoms with Gasteiger partial charge in [-0.2, -0.15) is 8.42 Å². The molecule has 1 aliphatic rings. The number of carbonyl (C=O) groups excluding carboxylic acids is 1.